The number of aliphatic hydroxyl groups is 1. The molecular weight excluding hydrogens is 309 g/mol. The Morgan fingerprint density at radius 2 is 1.61 bits per heavy atom. The van der Waals surface area contributed by atoms with Crippen LogP contribution < -0.4 is 0 Å². The fourth-order valence-corrected chi connectivity index (χ4v) is 5.48. The maximum atomic E-state index is 13.4. The van der Waals surface area contributed by atoms with Crippen molar-refractivity contribution in [3.8, 4) is 0 Å². The molecule has 4 aliphatic rings. The predicted molar refractivity (Wildman–Crippen MR) is 77.4 cm³/mol. The summed E-state index contributed by atoms with van der Waals surface area (Å²) in [6.45, 7) is 7.09. The van der Waals surface area contributed by atoms with E-state index in [1.165, 1.54) is 0 Å². The molecule has 0 amide bonds. The number of halogens is 3. The summed E-state index contributed by atoms with van der Waals surface area (Å²) >= 11 is 0. The van der Waals surface area contributed by atoms with Crippen molar-refractivity contribution in [2.75, 3.05) is 0 Å². The first-order valence-corrected chi connectivity index (χ1v) is 8.24. The van der Waals surface area contributed by atoms with Gasteiger partial charge in [0.2, 0.25) is 0 Å². The molecule has 0 radical (unpaired) electrons. The van der Waals surface area contributed by atoms with Gasteiger partial charge in [0.25, 0.3) is 0 Å². The van der Waals surface area contributed by atoms with Crippen LogP contribution in [0, 0.1) is 23.7 Å². The number of carbonyl (C=O) groups is 1. The van der Waals surface area contributed by atoms with Crippen molar-refractivity contribution in [3.05, 3.63) is 12.2 Å². The number of carbonyl (C=O) groups excluding carboxylic acids is 1. The van der Waals surface area contributed by atoms with Crippen LogP contribution in [0.15, 0.2) is 12.2 Å². The Kier molecular flexibility index (Phi) is 3.64. The summed E-state index contributed by atoms with van der Waals surface area (Å²) in [5, 5.41) is 10.4. The minimum Gasteiger partial charge on any atom is -0.455 e. The van der Waals surface area contributed by atoms with Crippen molar-refractivity contribution in [2.24, 2.45) is 23.7 Å². The third-order valence-electron chi connectivity index (χ3n) is 6.54. The monoisotopic (exact) mass is 332 g/mol. The number of ether oxygens (including phenoxy) is 1. The lowest BCUT2D eigenvalue weighted by atomic mass is 9.44. The quantitative estimate of drug-likeness (QED) is 0.634. The van der Waals surface area contributed by atoms with Crippen LogP contribution in [0.3, 0.4) is 0 Å². The molecule has 4 aliphatic carbocycles. The van der Waals surface area contributed by atoms with E-state index in [1.807, 2.05) is 6.92 Å². The first kappa shape index (κ1) is 16.8. The number of esters is 1. The molecule has 0 aliphatic heterocycles. The molecule has 4 fully saturated rings. The minimum atomic E-state index is -4.60. The van der Waals surface area contributed by atoms with Gasteiger partial charge < -0.3 is 9.84 Å². The summed E-state index contributed by atoms with van der Waals surface area (Å²) in [5.74, 6) is -2.26. The molecule has 23 heavy (non-hydrogen) atoms. The summed E-state index contributed by atoms with van der Waals surface area (Å²) < 4.78 is 46.1. The largest absolute Gasteiger partial charge is 0.455 e. The summed E-state index contributed by atoms with van der Waals surface area (Å²) in [6.07, 6.45) is -2.95. The second-order valence-corrected chi connectivity index (χ2v) is 7.53. The van der Waals surface area contributed by atoms with Crippen LogP contribution in [0.4, 0.5) is 13.2 Å². The van der Waals surface area contributed by atoms with Crippen molar-refractivity contribution in [2.45, 2.75) is 63.3 Å². The van der Waals surface area contributed by atoms with Gasteiger partial charge >= 0.3 is 12.1 Å². The van der Waals surface area contributed by atoms with Gasteiger partial charge in [-0.2, -0.15) is 13.2 Å². The SMILES string of the molecule is C=C(C)C(=O)OC1(CC)C2CC3CC1CC(C2)C3(O)C(F)(F)F. The van der Waals surface area contributed by atoms with Crippen LogP contribution in [-0.4, -0.2) is 28.5 Å². The van der Waals surface area contributed by atoms with Gasteiger partial charge in [-0.3, -0.25) is 0 Å². The maximum Gasteiger partial charge on any atom is 0.417 e. The second kappa shape index (κ2) is 4.98. The van der Waals surface area contributed by atoms with E-state index in [9.17, 15) is 23.1 Å². The molecule has 0 aromatic heterocycles. The normalized spacial score (nSPS) is 45.1. The first-order valence-electron chi connectivity index (χ1n) is 8.24. The third kappa shape index (κ3) is 2.10. The van der Waals surface area contributed by atoms with Gasteiger partial charge in [-0.15, -0.1) is 0 Å². The average molecular weight is 332 g/mol. The Hall–Kier alpha value is -1.04. The molecule has 0 atom stereocenters. The van der Waals surface area contributed by atoms with E-state index in [-0.39, 0.29) is 37.5 Å². The zero-order valence-corrected chi connectivity index (χ0v) is 13.4. The van der Waals surface area contributed by atoms with Crippen molar-refractivity contribution in [1.29, 1.82) is 0 Å². The van der Waals surface area contributed by atoms with Gasteiger partial charge in [-0.05, 0) is 62.7 Å². The highest BCUT2D eigenvalue weighted by molar-refractivity contribution is 5.87. The Morgan fingerprint density at radius 3 is 1.91 bits per heavy atom. The average Bonchev–Trinajstić information content (AvgIpc) is 2.43. The summed E-state index contributed by atoms with van der Waals surface area (Å²) in [7, 11) is 0. The molecule has 4 saturated carbocycles. The van der Waals surface area contributed by atoms with Gasteiger partial charge in [-0.25, -0.2) is 4.79 Å². The zero-order valence-electron chi connectivity index (χ0n) is 13.4. The van der Waals surface area contributed by atoms with Crippen LogP contribution in [0.2, 0.25) is 0 Å². The van der Waals surface area contributed by atoms with Crippen molar-refractivity contribution in [1.82, 2.24) is 0 Å². The first-order chi connectivity index (χ1) is 10.6. The molecule has 0 spiro atoms. The summed E-state index contributed by atoms with van der Waals surface area (Å²) in [5.41, 5.74) is -2.97. The number of hydrogen-bond donors (Lipinski definition) is 1. The third-order valence-corrected chi connectivity index (χ3v) is 6.54. The van der Waals surface area contributed by atoms with E-state index in [0.29, 0.717) is 12.0 Å². The molecule has 0 heterocycles. The molecule has 4 rings (SSSR count). The molecule has 3 nitrogen and oxygen atoms in total. The lowest BCUT2D eigenvalue weighted by molar-refractivity contribution is -0.351. The van der Waals surface area contributed by atoms with Gasteiger partial charge in [0, 0.05) is 5.57 Å². The Balaban J connectivity index is 1.91. The molecule has 0 aromatic carbocycles. The lowest BCUT2D eigenvalue weighted by Gasteiger charge is -2.65. The molecule has 6 heteroatoms. The second-order valence-electron chi connectivity index (χ2n) is 7.53. The fraction of sp³-hybridized carbons (Fsp3) is 0.824. The fourth-order valence-electron chi connectivity index (χ4n) is 5.48. The standard InChI is InChI=1S/C17H23F3O3/c1-4-15(23-14(21)9(2)3)10-5-12-7-11(15)8-13(6-10)16(12,22)17(18,19)20/h10-13,22H,2,4-8H2,1,3H3. The van der Waals surface area contributed by atoms with Crippen LogP contribution in [0.5, 0.6) is 0 Å². The molecule has 130 valence electrons. The molecule has 0 saturated heterocycles. The molecular formula is C17H23F3O3. The minimum absolute atomic E-state index is 0.110. The van der Waals surface area contributed by atoms with E-state index >= 15 is 0 Å². The van der Waals surface area contributed by atoms with Gasteiger partial charge in [-0.1, -0.05) is 13.5 Å². The Labute approximate surface area is 133 Å². The highest BCUT2D eigenvalue weighted by Gasteiger charge is 2.73. The van der Waals surface area contributed by atoms with Gasteiger partial charge in [0.15, 0.2) is 5.60 Å². The maximum absolute atomic E-state index is 13.4. The zero-order chi connectivity index (χ0) is 17.2. The van der Waals surface area contributed by atoms with Gasteiger partial charge in [0.1, 0.15) is 5.60 Å². The van der Waals surface area contributed by atoms with E-state index in [1.54, 1.807) is 6.92 Å². The highest BCUT2D eigenvalue weighted by Crippen LogP contribution is 2.66. The Bertz CT molecular complexity index is 508. The van der Waals surface area contributed by atoms with Crippen LogP contribution in [-0.2, 0) is 9.53 Å². The molecule has 4 bridgehead atoms. The van der Waals surface area contributed by atoms with E-state index < -0.39 is 35.2 Å². The number of hydrogen-bond acceptors (Lipinski definition) is 3. The topological polar surface area (TPSA) is 46.5 Å². The van der Waals surface area contributed by atoms with E-state index in [0.717, 1.165) is 0 Å². The molecule has 0 unspecified atom stereocenters. The van der Waals surface area contributed by atoms with Crippen LogP contribution >= 0.6 is 0 Å². The van der Waals surface area contributed by atoms with Crippen LogP contribution in [0.25, 0.3) is 0 Å². The smallest absolute Gasteiger partial charge is 0.417 e. The van der Waals surface area contributed by atoms with Crippen LogP contribution in [0.1, 0.15) is 46.0 Å². The predicted octanol–water partition coefficient (Wildman–Crippen LogP) is 3.61. The summed E-state index contributed by atoms with van der Waals surface area (Å²) in [6, 6.07) is 0. The van der Waals surface area contributed by atoms with Crippen molar-refractivity contribution >= 4 is 5.97 Å². The Morgan fingerprint density at radius 1 is 1.17 bits per heavy atom. The number of alkyl halides is 3. The summed E-state index contributed by atoms with van der Waals surface area (Å²) in [4.78, 5) is 12.0. The van der Waals surface area contributed by atoms with Crippen molar-refractivity contribution in [3.63, 3.8) is 0 Å². The lowest BCUT2D eigenvalue weighted by Crippen LogP contribution is -2.71. The van der Waals surface area contributed by atoms with E-state index in [4.69, 9.17) is 4.74 Å². The molecule has 0 aromatic rings. The van der Waals surface area contributed by atoms with Crippen molar-refractivity contribution < 1.29 is 27.8 Å². The van der Waals surface area contributed by atoms with Gasteiger partial charge in [0.05, 0.1) is 0 Å². The molecule has 1 N–H and O–H groups in total. The van der Waals surface area contributed by atoms with E-state index in [2.05, 4.69) is 6.58 Å². The number of rotatable bonds is 3. The highest BCUT2D eigenvalue weighted by atomic mass is 19.4.